The van der Waals surface area contributed by atoms with Gasteiger partial charge in [-0.2, -0.15) is 0 Å². The van der Waals surface area contributed by atoms with Crippen molar-refractivity contribution >= 4 is 74.4 Å². The minimum absolute atomic E-state index is 0.0579. The Morgan fingerprint density at radius 2 is 1.80 bits per heavy atom. The molecule has 11 heteroatoms. The number of piperidine rings is 1. The van der Waals surface area contributed by atoms with Crippen LogP contribution in [0.4, 0.5) is 0 Å². The van der Waals surface area contributed by atoms with E-state index in [1.165, 1.54) is 17.4 Å². The molecule has 41 heavy (non-hydrogen) atoms. The van der Waals surface area contributed by atoms with Crippen LogP contribution in [0.25, 0.3) is 16.2 Å². The van der Waals surface area contributed by atoms with Gasteiger partial charge in [-0.1, -0.05) is 53.5 Å². The van der Waals surface area contributed by atoms with E-state index in [9.17, 15) is 24.3 Å². The zero-order chi connectivity index (χ0) is 29.4. The van der Waals surface area contributed by atoms with E-state index < -0.39 is 24.2 Å². The molecule has 0 bridgehead atoms. The lowest BCUT2D eigenvalue weighted by Gasteiger charge is -2.32. The van der Waals surface area contributed by atoms with E-state index in [0.717, 1.165) is 15.6 Å². The molecule has 0 spiro atoms. The first-order valence-electron chi connectivity index (χ1n) is 13.4. The molecule has 216 valence electrons. The summed E-state index contributed by atoms with van der Waals surface area (Å²) in [5.74, 6) is -2.84. The predicted octanol–water partition coefficient (Wildman–Crippen LogP) is 5.17. The molecule has 0 saturated carbocycles. The third kappa shape index (κ3) is 8.55. The SMILES string of the molecule is O=C(O)CC(CNC(=O)CCc1ccccc1)C(=O)NC1CCN(C(=O)/C=C/c2cc3ccsc3c(Cl)c2Cl)CC1. The maximum Gasteiger partial charge on any atom is 0.304 e. The van der Waals surface area contributed by atoms with Gasteiger partial charge < -0.3 is 20.6 Å². The maximum absolute atomic E-state index is 12.9. The van der Waals surface area contributed by atoms with Crippen molar-refractivity contribution < 1.29 is 24.3 Å². The first-order chi connectivity index (χ1) is 19.7. The molecule has 3 N–H and O–H groups in total. The molecule has 0 aliphatic carbocycles. The van der Waals surface area contributed by atoms with E-state index in [2.05, 4.69) is 10.6 Å². The van der Waals surface area contributed by atoms with Crippen molar-refractivity contribution in [2.75, 3.05) is 19.6 Å². The number of carbonyl (C=O) groups excluding carboxylic acids is 3. The molecule has 3 aromatic rings. The molecule has 3 amide bonds. The van der Waals surface area contributed by atoms with Crippen LogP contribution >= 0.6 is 34.5 Å². The molecular formula is C30H31Cl2N3O5S. The van der Waals surface area contributed by atoms with Crippen LogP contribution < -0.4 is 10.6 Å². The fraction of sp³-hybridized carbons (Fsp3) is 0.333. The molecule has 1 aliphatic rings. The summed E-state index contributed by atoms with van der Waals surface area (Å²) in [5, 5.41) is 18.7. The van der Waals surface area contributed by atoms with Gasteiger partial charge in [-0.15, -0.1) is 11.3 Å². The predicted molar refractivity (Wildman–Crippen MR) is 162 cm³/mol. The Balaban J connectivity index is 1.24. The maximum atomic E-state index is 12.9. The molecule has 1 aromatic heterocycles. The minimum atomic E-state index is -1.12. The van der Waals surface area contributed by atoms with E-state index >= 15 is 0 Å². The number of aryl methyl sites for hydroxylation is 1. The quantitative estimate of drug-likeness (QED) is 0.257. The number of nitrogens with zero attached hydrogens (tertiary/aromatic N) is 1. The minimum Gasteiger partial charge on any atom is -0.481 e. The Morgan fingerprint density at radius 3 is 2.51 bits per heavy atom. The van der Waals surface area contributed by atoms with Crippen molar-refractivity contribution in [1.29, 1.82) is 0 Å². The monoisotopic (exact) mass is 615 g/mol. The first-order valence-corrected chi connectivity index (χ1v) is 15.0. The lowest BCUT2D eigenvalue weighted by Crippen LogP contribution is -2.49. The lowest BCUT2D eigenvalue weighted by molar-refractivity contribution is -0.141. The summed E-state index contributed by atoms with van der Waals surface area (Å²) < 4.78 is 0.903. The highest BCUT2D eigenvalue weighted by Crippen LogP contribution is 2.37. The average molecular weight is 617 g/mol. The van der Waals surface area contributed by atoms with Gasteiger partial charge in [0.1, 0.15) is 0 Å². The van der Waals surface area contributed by atoms with E-state index in [-0.39, 0.29) is 30.8 Å². The summed E-state index contributed by atoms with van der Waals surface area (Å²) in [7, 11) is 0. The molecule has 1 saturated heterocycles. The van der Waals surface area contributed by atoms with Crippen molar-refractivity contribution in [2.45, 2.75) is 38.1 Å². The van der Waals surface area contributed by atoms with Crippen LogP contribution in [0.15, 0.2) is 53.9 Å². The van der Waals surface area contributed by atoms with Gasteiger partial charge in [0.2, 0.25) is 17.7 Å². The highest BCUT2D eigenvalue weighted by atomic mass is 35.5. The number of halogens is 2. The zero-order valence-corrected chi connectivity index (χ0v) is 24.6. The van der Waals surface area contributed by atoms with Gasteiger partial charge in [-0.05, 0) is 59.4 Å². The molecule has 1 unspecified atom stereocenters. The Morgan fingerprint density at radius 1 is 1.07 bits per heavy atom. The fourth-order valence-electron chi connectivity index (χ4n) is 4.72. The summed E-state index contributed by atoms with van der Waals surface area (Å²) in [4.78, 5) is 51.1. The van der Waals surface area contributed by atoms with Crippen molar-refractivity contribution in [3.8, 4) is 0 Å². The van der Waals surface area contributed by atoms with Gasteiger partial charge >= 0.3 is 5.97 Å². The van der Waals surface area contributed by atoms with Crippen molar-refractivity contribution in [1.82, 2.24) is 15.5 Å². The second kappa shape index (κ2) is 14.5. The molecule has 1 fully saturated rings. The van der Waals surface area contributed by atoms with Gasteiger partial charge in [0, 0.05) is 38.2 Å². The van der Waals surface area contributed by atoms with Crippen LogP contribution in [0.3, 0.4) is 0 Å². The molecule has 1 atom stereocenters. The largest absolute Gasteiger partial charge is 0.481 e. The molecule has 4 rings (SSSR count). The van der Waals surface area contributed by atoms with Crippen LogP contribution in [-0.2, 0) is 25.6 Å². The van der Waals surface area contributed by atoms with Crippen LogP contribution in [0, 0.1) is 5.92 Å². The van der Waals surface area contributed by atoms with E-state index in [1.807, 2.05) is 47.8 Å². The summed E-state index contributed by atoms with van der Waals surface area (Å²) in [6.07, 6.45) is 4.60. The van der Waals surface area contributed by atoms with E-state index in [4.69, 9.17) is 23.2 Å². The number of nitrogens with one attached hydrogen (secondary N) is 2. The molecule has 2 heterocycles. The standard InChI is InChI=1S/C30H31Cl2N3O5S/c31-27-20(16-21-12-15-41-29(21)28(27)32)7-9-25(37)35-13-10-23(11-14-35)34-30(40)22(17-26(38)39)18-33-24(36)8-6-19-4-2-1-3-5-19/h1-5,7,9,12,15-16,22-23H,6,8,10-11,13-14,17-18H2,(H,33,36)(H,34,40)(H,38,39)/b9-7+. The number of aliphatic carboxylic acids is 1. The second-order valence-electron chi connectivity index (χ2n) is 9.96. The highest BCUT2D eigenvalue weighted by molar-refractivity contribution is 7.18. The third-order valence-corrected chi connectivity index (χ3v) is 8.97. The van der Waals surface area contributed by atoms with Crippen molar-refractivity contribution in [3.05, 3.63) is 75.1 Å². The summed E-state index contributed by atoms with van der Waals surface area (Å²) in [5.41, 5.74) is 1.69. The Hall–Kier alpha value is -3.40. The van der Waals surface area contributed by atoms with Gasteiger partial charge in [0.15, 0.2) is 0 Å². The second-order valence-corrected chi connectivity index (χ2v) is 11.6. The van der Waals surface area contributed by atoms with E-state index in [1.54, 1.807) is 11.0 Å². The molecular weight excluding hydrogens is 585 g/mol. The number of fused-ring (bicyclic) bond motifs is 1. The summed E-state index contributed by atoms with van der Waals surface area (Å²) in [6.45, 7) is 0.815. The molecule has 1 aliphatic heterocycles. The number of benzene rings is 2. The summed E-state index contributed by atoms with van der Waals surface area (Å²) >= 11 is 14.3. The lowest BCUT2D eigenvalue weighted by atomic mass is 10.0. The zero-order valence-electron chi connectivity index (χ0n) is 22.3. The normalized spacial score (nSPS) is 14.7. The van der Waals surface area contributed by atoms with Gasteiger partial charge in [0.25, 0.3) is 0 Å². The number of carbonyl (C=O) groups is 4. The molecule has 0 radical (unpaired) electrons. The fourth-order valence-corrected chi connectivity index (χ4v) is 6.16. The molecule has 2 aromatic carbocycles. The number of hydrogen-bond donors (Lipinski definition) is 3. The Kier molecular flexibility index (Phi) is 10.8. The topological polar surface area (TPSA) is 116 Å². The number of amides is 3. The highest BCUT2D eigenvalue weighted by Gasteiger charge is 2.27. The van der Waals surface area contributed by atoms with Crippen molar-refractivity contribution in [2.24, 2.45) is 5.92 Å². The number of hydrogen-bond acceptors (Lipinski definition) is 5. The van der Waals surface area contributed by atoms with Crippen LogP contribution in [-0.4, -0.2) is 59.4 Å². The van der Waals surface area contributed by atoms with Crippen LogP contribution in [0.5, 0.6) is 0 Å². The average Bonchev–Trinajstić information content (AvgIpc) is 3.44. The number of likely N-dealkylation sites (tertiary alicyclic amines) is 1. The van der Waals surface area contributed by atoms with Crippen molar-refractivity contribution in [3.63, 3.8) is 0 Å². The van der Waals surface area contributed by atoms with Crippen LogP contribution in [0.1, 0.15) is 36.8 Å². The Bertz CT molecular complexity index is 1430. The van der Waals surface area contributed by atoms with Gasteiger partial charge in [-0.3, -0.25) is 19.2 Å². The van der Waals surface area contributed by atoms with Crippen LogP contribution in [0.2, 0.25) is 10.0 Å². The van der Waals surface area contributed by atoms with Gasteiger partial charge in [-0.25, -0.2) is 0 Å². The number of thiophene rings is 1. The summed E-state index contributed by atoms with van der Waals surface area (Å²) in [6, 6.07) is 13.2. The Labute approximate surface area is 252 Å². The number of carboxylic acids is 1. The first kappa shape index (κ1) is 30.6. The number of carboxylic acid groups (broad SMARTS) is 1. The third-order valence-electron chi connectivity index (χ3n) is 7.03. The molecule has 8 nitrogen and oxygen atoms in total. The number of rotatable bonds is 11. The van der Waals surface area contributed by atoms with Gasteiger partial charge in [0.05, 0.1) is 27.1 Å². The smallest absolute Gasteiger partial charge is 0.304 e. The van der Waals surface area contributed by atoms with E-state index in [0.29, 0.717) is 48.0 Å².